The number of aromatic amines is 1. The van der Waals surface area contributed by atoms with Gasteiger partial charge in [0.2, 0.25) is 0 Å². The van der Waals surface area contributed by atoms with Crippen molar-refractivity contribution in [3.8, 4) is 11.4 Å². The van der Waals surface area contributed by atoms with Crippen molar-refractivity contribution in [1.29, 1.82) is 0 Å². The van der Waals surface area contributed by atoms with E-state index in [-0.39, 0.29) is 0 Å². The van der Waals surface area contributed by atoms with Crippen LogP contribution in [0.25, 0.3) is 22.4 Å². The Morgan fingerprint density at radius 3 is 2.88 bits per heavy atom. The maximum absolute atomic E-state index is 5.72. The molecule has 0 aliphatic heterocycles. The van der Waals surface area contributed by atoms with E-state index in [2.05, 4.69) is 15.0 Å². The first-order valence-corrected chi connectivity index (χ1v) is 5.40. The number of imidazole rings is 1. The fraction of sp³-hybridized carbons (Fsp3) is 0.0769. The van der Waals surface area contributed by atoms with Crippen LogP contribution in [0.1, 0.15) is 5.56 Å². The summed E-state index contributed by atoms with van der Waals surface area (Å²) in [4.78, 5) is 11.9. The van der Waals surface area contributed by atoms with Gasteiger partial charge in [-0.15, -0.1) is 0 Å². The zero-order chi connectivity index (χ0) is 11.8. The van der Waals surface area contributed by atoms with Crippen LogP contribution >= 0.6 is 0 Å². The number of benzene rings is 1. The van der Waals surface area contributed by atoms with Crippen molar-refractivity contribution < 1.29 is 0 Å². The summed E-state index contributed by atoms with van der Waals surface area (Å²) in [7, 11) is 0. The number of para-hydroxylation sites is 1. The molecule has 0 saturated heterocycles. The summed E-state index contributed by atoms with van der Waals surface area (Å²) >= 11 is 0. The van der Waals surface area contributed by atoms with Gasteiger partial charge in [-0.1, -0.05) is 12.1 Å². The van der Waals surface area contributed by atoms with Gasteiger partial charge < -0.3 is 10.7 Å². The number of H-pyrrole nitrogens is 1. The van der Waals surface area contributed by atoms with Crippen LogP contribution in [0.3, 0.4) is 0 Å². The number of nitrogens with zero attached hydrogens (tertiary/aromatic N) is 2. The van der Waals surface area contributed by atoms with E-state index in [1.54, 1.807) is 12.4 Å². The molecule has 0 bridgehead atoms. The molecule has 0 spiro atoms. The molecule has 4 nitrogen and oxygen atoms in total. The fourth-order valence-corrected chi connectivity index (χ4v) is 1.90. The maximum atomic E-state index is 5.72. The molecule has 0 aliphatic rings. The highest BCUT2D eigenvalue weighted by Crippen LogP contribution is 2.22. The van der Waals surface area contributed by atoms with Crippen LogP contribution in [0.15, 0.2) is 36.7 Å². The molecule has 0 aliphatic carbocycles. The quantitative estimate of drug-likeness (QED) is 0.667. The average Bonchev–Trinajstić information content (AvgIpc) is 2.74. The Kier molecular flexibility index (Phi) is 2.08. The Bertz CT molecular complexity index is 685. The standard InChI is InChI=1S/C13H12N4/c1-8-3-2-4-11-12(8)17-13(16-11)9-5-10(14)7-15-6-9/h2-7H,14H2,1H3,(H,16,17). The minimum Gasteiger partial charge on any atom is -0.397 e. The molecule has 0 amide bonds. The highest BCUT2D eigenvalue weighted by molar-refractivity contribution is 5.82. The normalized spacial score (nSPS) is 10.9. The summed E-state index contributed by atoms with van der Waals surface area (Å²) in [5.74, 6) is 0.800. The Hall–Kier alpha value is -2.36. The lowest BCUT2D eigenvalue weighted by Crippen LogP contribution is -1.88. The summed E-state index contributed by atoms with van der Waals surface area (Å²) in [6.45, 7) is 2.05. The number of fused-ring (bicyclic) bond motifs is 1. The Labute approximate surface area is 98.5 Å². The molecule has 3 aromatic rings. The van der Waals surface area contributed by atoms with E-state index >= 15 is 0 Å². The molecule has 0 atom stereocenters. The van der Waals surface area contributed by atoms with Gasteiger partial charge in [-0.05, 0) is 24.6 Å². The molecule has 2 heterocycles. The summed E-state index contributed by atoms with van der Waals surface area (Å²) in [6, 6.07) is 7.93. The van der Waals surface area contributed by atoms with E-state index in [1.165, 1.54) is 0 Å². The zero-order valence-electron chi connectivity index (χ0n) is 9.44. The van der Waals surface area contributed by atoms with Crippen LogP contribution in [0.5, 0.6) is 0 Å². The van der Waals surface area contributed by atoms with Crippen molar-refractivity contribution in [3.63, 3.8) is 0 Å². The summed E-state index contributed by atoms with van der Waals surface area (Å²) in [5.41, 5.74) is 10.4. The number of aromatic nitrogens is 3. The number of nitrogens with two attached hydrogens (primary N) is 1. The summed E-state index contributed by atoms with van der Waals surface area (Å²) in [6.07, 6.45) is 3.38. The van der Waals surface area contributed by atoms with Gasteiger partial charge in [0.05, 0.1) is 16.7 Å². The van der Waals surface area contributed by atoms with Crippen molar-refractivity contribution in [2.45, 2.75) is 6.92 Å². The van der Waals surface area contributed by atoms with Crippen LogP contribution in [0.4, 0.5) is 5.69 Å². The average molecular weight is 224 g/mol. The van der Waals surface area contributed by atoms with E-state index in [9.17, 15) is 0 Å². The van der Waals surface area contributed by atoms with Crippen LogP contribution in [0, 0.1) is 6.92 Å². The summed E-state index contributed by atoms with van der Waals surface area (Å²) in [5, 5.41) is 0. The summed E-state index contributed by atoms with van der Waals surface area (Å²) < 4.78 is 0. The Morgan fingerprint density at radius 2 is 2.12 bits per heavy atom. The van der Waals surface area contributed by atoms with Gasteiger partial charge in [-0.3, -0.25) is 4.98 Å². The molecule has 0 saturated carbocycles. The second-order valence-corrected chi connectivity index (χ2v) is 4.06. The Morgan fingerprint density at radius 1 is 1.24 bits per heavy atom. The predicted octanol–water partition coefficient (Wildman–Crippen LogP) is 2.52. The lowest BCUT2D eigenvalue weighted by Gasteiger charge is -1.96. The highest BCUT2D eigenvalue weighted by Gasteiger charge is 2.07. The Balaban J connectivity index is 2.22. The number of pyridine rings is 1. The fourth-order valence-electron chi connectivity index (χ4n) is 1.90. The lowest BCUT2D eigenvalue weighted by molar-refractivity contribution is 1.27. The first-order valence-electron chi connectivity index (χ1n) is 5.40. The minimum atomic E-state index is 0.639. The number of anilines is 1. The molecule has 1 aromatic carbocycles. The molecule has 0 fully saturated rings. The number of rotatable bonds is 1. The second-order valence-electron chi connectivity index (χ2n) is 4.06. The minimum absolute atomic E-state index is 0.639. The van der Waals surface area contributed by atoms with Crippen molar-refractivity contribution in [3.05, 3.63) is 42.2 Å². The van der Waals surface area contributed by atoms with Gasteiger partial charge in [0.1, 0.15) is 5.82 Å². The van der Waals surface area contributed by atoms with Crippen LogP contribution in [0.2, 0.25) is 0 Å². The van der Waals surface area contributed by atoms with E-state index in [0.29, 0.717) is 5.69 Å². The third-order valence-corrected chi connectivity index (χ3v) is 2.75. The van der Waals surface area contributed by atoms with Gasteiger partial charge >= 0.3 is 0 Å². The second kappa shape index (κ2) is 3.59. The van der Waals surface area contributed by atoms with Gasteiger partial charge in [0.15, 0.2) is 0 Å². The molecule has 2 aromatic heterocycles. The predicted molar refractivity (Wildman–Crippen MR) is 68.5 cm³/mol. The zero-order valence-corrected chi connectivity index (χ0v) is 9.44. The number of hydrogen-bond donors (Lipinski definition) is 2. The topological polar surface area (TPSA) is 67.6 Å². The van der Waals surface area contributed by atoms with Gasteiger partial charge in [0, 0.05) is 18.0 Å². The van der Waals surface area contributed by atoms with Gasteiger partial charge in [-0.25, -0.2) is 4.98 Å². The van der Waals surface area contributed by atoms with Crippen molar-refractivity contribution in [2.75, 3.05) is 5.73 Å². The maximum Gasteiger partial charge on any atom is 0.140 e. The van der Waals surface area contributed by atoms with Gasteiger partial charge in [-0.2, -0.15) is 0 Å². The number of nitrogens with one attached hydrogen (secondary N) is 1. The molecular weight excluding hydrogens is 212 g/mol. The molecule has 3 rings (SSSR count). The van der Waals surface area contributed by atoms with Crippen LogP contribution in [-0.4, -0.2) is 15.0 Å². The van der Waals surface area contributed by atoms with Crippen molar-refractivity contribution in [1.82, 2.24) is 15.0 Å². The van der Waals surface area contributed by atoms with Gasteiger partial charge in [0.25, 0.3) is 0 Å². The number of aryl methyl sites for hydroxylation is 1. The molecule has 0 unspecified atom stereocenters. The monoisotopic (exact) mass is 224 g/mol. The highest BCUT2D eigenvalue weighted by atomic mass is 14.9. The first-order chi connectivity index (χ1) is 8.24. The van der Waals surface area contributed by atoms with Crippen LogP contribution in [-0.2, 0) is 0 Å². The van der Waals surface area contributed by atoms with E-state index in [1.807, 2.05) is 31.2 Å². The van der Waals surface area contributed by atoms with E-state index in [4.69, 9.17) is 5.73 Å². The van der Waals surface area contributed by atoms with E-state index in [0.717, 1.165) is 28.0 Å². The van der Waals surface area contributed by atoms with Crippen molar-refractivity contribution in [2.24, 2.45) is 0 Å². The third-order valence-electron chi connectivity index (χ3n) is 2.75. The molecule has 4 heteroatoms. The number of nitrogen functional groups attached to an aromatic ring is 1. The molecule has 17 heavy (non-hydrogen) atoms. The molecule has 84 valence electrons. The van der Waals surface area contributed by atoms with Crippen LogP contribution < -0.4 is 5.73 Å². The molecule has 0 radical (unpaired) electrons. The van der Waals surface area contributed by atoms with E-state index < -0.39 is 0 Å². The smallest absolute Gasteiger partial charge is 0.140 e. The SMILES string of the molecule is Cc1cccc2[nH]c(-c3cncc(N)c3)nc12. The van der Waals surface area contributed by atoms with Crippen molar-refractivity contribution >= 4 is 16.7 Å². The molecule has 3 N–H and O–H groups in total. The molecular formula is C13H12N4. The first kappa shape index (κ1) is 9.84. The third kappa shape index (κ3) is 1.63. The lowest BCUT2D eigenvalue weighted by atomic mass is 10.2. The largest absolute Gasteiger partial charge is 0.397 e. The number of hydrogen-bond acceptors (Lipinski definition) is 3.